The number of nitrogens with zero attached hydrogens (tertiary/aromatic N) is 1. The zero-order valence-corrected chi connectivity index (χ0v) is 15.2. The van der Waals surface area contributed by atoms with Crippen molar-refractivity contribution in [3.8, 4) is 0 Å². The van der Waals surface area contributed by atoms with Gasteiger partial charge in [-0.1, -0.05) is 19.9 Å². The number of benzene rings is 1. The third kappa shape index (κ3) is 3.94. The van der Waals surface area contributed by atoms with Crippen molar-refractivity contribution in [2.24, 2.45) is 5.92 Å². The molecule has 0 radical (unpaired) electrons. The van der Waals surface area contributed by atoms with E-state index < -0.39 is 41.6 Å². The van der Waals surface area contributed by atoms with Crippen LogP contribution in [0.25, 0.3) is 0 Å². The molecule has 5 nitrogen and oxygen atoms in total. The molecule has 0 saturated carbocycles. The molecule has 0 aromatic heterocycles. The van der Waals surface area contributed by atoms with E-state index in [0.29, 0.717) is 12.8 Å². The Morgan fingerprint density at radius 2 is 1.75 bits per heavy atom. The Kier molecular flexibility index (Phi) is 5.66. The lowest BCUT2D eigenvalue weighted by Crippen LogP contribution is -2.46. The maximum absolute atomic E-state index is 13.8. The third-order valence-electron chi connectivity index (χ3n) is 3.93. The summed E-state index contributed by atoms with van der Waals surface area (Å²) in [5.74, 6) is -2.48. The van der Waals surface area contributed by atoms with Crippen molar-refractivity contribution in [1.82, 2.24) is 4.31 Å². The molecule has 0 aliphatic carbocycles. The van der Waals surface area contributed by atoms with Gasteiger partial charge < -0.3 is 0 Å². The summed E-state index contributed by atoms with van der Waals surface area (Å²) in [6.07, 6.45) is 0.679. The second kappa shape index (κ2) is 7.05. The second-order valence-electron chi connectivity index (χ2n) is 6.40. The molecule has 0 bridgehead atoms. The summed E-state index contributed by atoms with van der Waals surface area (Å²) in [6, 6.07) is 2.82. The van der Waals surface area contributed by atoms with Crippen LogP contribution in [0.2, 0.25) is 0 Å². The first-order valence-electron chi connectivity index (χ1n) is 7.71. The number of halogens is 2. The number of sulfonamides is 1. The Hall–Kier alpha value is -1.06. The van der Waals surface area contributed by atoms with Crippen LogP contribution in [0, 0.1) is 17.6 Å². The van der Waals surface area contributed by atoms with E-state index in [-0.39, 0.29) is 24.8 Å². The molecule has 1 atom stereocenters. The number of piperidine rings is 1. The summed E-state index contributed by atoms with van der Waals surface area (Å²) in [7, 11) is -7.90. The van der Waals surface area contributed by atoms with E-state index in [1.165, 1.54) is 0 Å². The average Bonchev–Trinajstić information content (AvgIpc) is 2.45. The van der Waals surface area contributed by atoms with E-state index in [1.54, 1.807) is 13.8 Å². The minimum absolute atomic E-state index is 0.0421. The van der Waals surface area contributed by atoms with Gasteiger partial charge in [-0.15, -0.1) is 0 Å². The Morgan fingerprint density at radius 1 is 1.17 bits per heavy atom. The minimum Gasteiger partial charge on any atom is -0.228 e. The molecule has 2 rings (SSSR count). The molecule has 1 aromatic rings. The van der Waals surface area contributed by atoms with Crippen LogP contribution in [0.3, 0.4) is 0 Å². The van der Waals surface area contributed by atoms with Crippen molar-refractivity contribution in [3.63, 3.8) is 0 Å². The molecule has 24 heavy (non-hydrogen) atoms. The molecule has 136 valence electrons. The van der Waals surface area contributed by atoms with Crippen LogP contribution >= 0.6 is 0 Å². The summed E-state index contributed by atoms with van der Waals surface area (Å²) in [6.45, 7) is 3.31. The zero-order chi connectivity index (χ0) is 18.1. The Morgan fingerprint density at radius 3 is 2.29 bits per heavy atom. The molecule has 0 spiro atoms. The van der Waals surface area contributed by atoms with Crippen molar-refractivity contribution in [3.05, 3.63) is 29.8 Å². The standard InChI is InChI=1S/C15H21F2NO4S2/c1-11(2)10-23(19,20)12-5-4-8-18(9-12)24(21,22)15-13(16)6-3-7-14(15)17/h3,6-7,11-12H,4-5,8-10H2,1-2H3. The van der Waals surface area contributed by atoms with E-state index in [4.69, 9.17) is 0 Å². The van der Waals surface area contributed by atoms with Gasteiger partial charge in [-0.05, 0) is 30.9 Å². The maximum atomic E-state index is 13.8. The molecule has 0 N–H and O–H groups in total. The average molecular weight is 381 g/mol. The number of hydrogen-bond acceptors (Lipinski definition) is 4. The van der Waals surface area contributed by atoms with Crippen LogP contribution in [0.15, 0.2) is 23.1 Å². The molecule has 1 saturated heterocycles. The predicted octanol–water partition coefficient (Wildman–Crippen LogP) is 2.19. The van der Waals surface area contributed by atoms with Crippen molar-refractivity contribution in [2.75, 3.05) is 18.8 Å². The first kappa shape index (κ1) is 19.3. The summed E-state index contributed by atoms with van der Waals surface area (Å²) < 4.78 is 78.4. The van der Waals surface area contributed by atoms with Gasteiger partial charge in [0.25, 0.3) is 0 Å². The largest absolute Gasteiger partial charge is 0.248 e. The highest BCUT2D eigenvalue weighted by Gasteiger charge is 2.38. The van der Waals surface area contributed by atoms with Crippen molar-refractivity contribution in [2.45, 2.75) is 36.8 Å². The lowest BCUT2D eigenvalue weighted by molar-refractivity contribution is 0.341. The van der Waals surface area contributed by atoms with Crippen LogP contribution in [-0.2, 0) is 19.9 Å². The molecule has 1 heterocycles. The van der Waals surface area contributed by atoms with E-state index in [2.05, 4.69) is 0 Å². The van der Waals surface area contributed by atoms with Gasteiger partial charge in [-0.3, -0.25) is 0 Å². The fourth-order valence-electron chi connectivity index (χ4n) is 2.88. The van der Waals surface area contributed by atoms with Gasteiger partial charge >= 0.3 is 0 Å². The van der Waals surface area contributed by atoms with Crippen molar-refractivity contribution >= 4 is 19.9 Å². The van der Waals surface area contributed by atoms with E-state index in [9.17, 15) is 25.6 Å². The maximum Gasteiger partial charge on any atom is 0.248 e. The fourth-order valence-corrected chi connectivity index (χ4v) is 6.74. The fraction of sp³-hybridized carbons (Fsp3) is 0.600. The van der Waals surface area contributed by atoms with Gasteiger partial charge in [0.05, 0.1) is 11.0 Å². The molecule has 1 aromatic carbocycles. The highest BCUT2D eigenvalue weighted by Crippen LogP contribution is 2.27. The third-order valence-corrected chi connectivity index (χ3v) is 8.38. The van der Waals surface area contributed by atoms with E-state index in [1.807, 2.05) is 0 Å². The molecular formula is C15H21F2NO4S2. The summed E-state index contributed by atoms with van der Waals surface area (Å²) in [4.78, 5) is -1.02. The van der Waals surface area contributed by atoms with Crippen LogP contribution < -0.4 is 0 Å². The summed E-state index contributed by atoms with van der Waals surface area (Å²) in [5, 5.41) is -0.849. The molecule has 1 aliphatic heterocycles. The van der Waals surface area contributed by atoms with Crippen LogP contribution in [0.5, 0.6) is 0 Å². The number of sulfone groups is 1. The van der Waals surface area contributed by atoms with Gasteiger partial charge in [-0.25, -0.2) is 25.6 Å². The number of rotatable bonds is 5. The normalized spacial score (nSPS) is 20.5. The highest BCUT2D eigenvalue weighted by molar-refractivity contribution is 7.92. The predicted molar refractivity (Wildman–Crippen MR) is 86.8 cm³/mol. The van der Waals surface area contributed by atoms with E-state index in [0.717, 1.165) is 22.5 Å². The molecule has 1 aliphatic rings. The van der Waals surface area contributed by atoms with Gasteiger partial charge in [-0.2, -0.15) is 4.31 Å². The van der Waals surface area contributed by atoms with Gasteiger partial charge in [0.1, 0.15) is 11.6 Å². The first-order valence-corrected chi connectivity index (χ1v) is 10.9. The smallest absolute Gasteiger partial charge is 0.228 e. The van der Waals surface area contributed by atoms with E-state index >= 15 is 0 Å². The van der Waals surface area contributed by atoms with Gasteiger partial charge in [0.2, 0.25) is 10.0 Å². The molecule has 9 heteroatoms. The van der Waals surface area contributed by atoms with Crippen LogP contribution in [0.1, 0.15) is 26.7 Å². The highest BCUT2D eigenvalue weighted by atomic mass is 32.2. The van der Waals surface area contributed by atoms with Gasteiger partial charge in [0.15, 0.2) is 14.7 Å². The Bertz CT molecular complexity index is 787. The molecule has 1 fully saturated rings. The van der Waals surface area contributed by atoms with Gasteiger partial charge in [0, 0.05) is 13.1 Å². The molecule has 0 amide bonds. The monoisotopic (exact) mass is 381 g/mol. The first-order chi connectivity index (χ1) is 11.1. The SMILES string of the molecule is CC(C)CS(=O)(=O)C1CCCN(S(=O)(=O)c2c(F)cccc2F)C1. The zero-order valence-electron chi connectivity index (χ0n) is 13.6. The lowest BCUT2D eigenvalue weighted by atomic mass is 10.2. The molecular weight excluding hydrogens is 360 g/mol. The summed E-state index contributed by atoms with van der Waals surface area (Å²) in [5.41, 5.74) is 0. The Balaban J connectivity index is 2.32. The Labute approximate surface area is 141 Å². The lowest BCUT2D eigenvalue weighted by Gasteiger charge is -2.32. The number of hydrogen-bond donors (Lipinski definition) is 0. The quantitative estimate of drug-likeness (QED) is 0.784. The molecule has 1 unspecified atom stereocenters. The van der Waals surface area contributed by atoms with Crippen molar-refractivity contribution in [1.29, 1.82) is 0 Å². The summed E-state index contributed by atoms with van der Waals surface area (Å²) >= 11 is 0. The van der Waals surface area contributed by atoms with Crippen LogP contribution in [0.4, 0.5) is 8.78 Å². The second-order valence-corrected chi connectivity index (χ2v) is 10.6. The van der Waals surface area contributed by atoms with Crippen molar-refractivity contribution < 1.29 is 25.6 Å². The van der Waals surface area contributed by atoms with Crippen LogP contribution in [-0.4, -0.2) is 45.2 Å². The topological polar surface area (TPSA) is 71.5 Å². The minimum atomic E-state index is -4.43.